The van der Waals surface area contributed by atoms with E-state index in [0.717, 1.165) is 12.8 Å². The van der Waals surface area contributed by atoms with Gasteiger partial charge in [0, 0.05) is 11.5 Å². The van der Waals surface area contributed by atoms with E-state index in [4.69, 9.17) is 9.84 Å². The van der Waals surface area contributed by atoms with Crippen molar-refractivity contribution >= 4 is 21.9 Å². The van der Waals surface area contributed by atoms with Crippen molar-refractivity contribution in [3.05, 3.63) is 21.9 Å². The molecule has 1 aromatic rings. The van der Waals surface area contributed by atoms with Gasteiger partial charge in [-0.3, -0.25) is 4.79 Å². The molecule has 6 heteroatoms. The van der Waals surface area contributed by atoms with E-state index in [0.29, 0.717) is 5.56 Å². The Morgan fingerprint density at radius 1 is 1.63 bits per heavy atom. The summed E-state index contributed by atoms with van der Waals surface area (Å²) in [6.45, 7) is 0. The SMILES string of the molecule is COc1c(C(CC(=O)O)C2CC2)cc(Br)c(O)c1F. The summed E-state index contributed by atoms with van der Waals surface area (Å²) in [7, 11) is 1.31. The molecule has 0 heterocycles. The summed E-state index contributed by atoms with van der Waals surface area (Å²) < 4.78 is 19.2. The number of carboxylic acids is 1. The van der Waals surface area contributed by atoms with Gasteiger partial charge in [-0.15, -0.1) is 0 Å². The monoisotopic (exact) mass is 332 g/mol. The number of hydrogen-bond acceptors (Lipinski definition) is 3. The summed E-state index contributed by atoms with van der Waals surface area (Å²) in [5.74, 6) is -2.43. The largest absolute Gasteiger partial charge is 0.504 e. The summed E-state index contributed by atoms with van der Waals surface area (Å²) in [5.41, 5.74) is 0.495. The zero-order valence-corrected chi connectivity index (χ0v) is 11.9. The van der Waals surface area contributed by atoms with Crippen LogP contribution in [0, 0.1) is 11.7 Å². The van der Waals surface area contributed by atoms with Crippen LogP contribution in [0.5, 0.6) is 11.5 Å². The van der Waals surface area contributed by atoms with Crippen LogP contribution in [0.1, 0.15) is 30.7 Å². The number of aromatic hydroxyl groups is 1. The lowest BCUT2D eigenvalue weighted by molar-refractivity contribution is -0.137. The van der Waals surface area contributed by atoms with Crippen LogP contribution >= 0.6 is 15.9 Å². The molecule has 19 heavy (non-hydrogen) atoms. The van der Waals surface area contributed by atoms with E-state index in [-0.39, 0.29) is 28.5 Å². The number of carboxylic acid groups (broad SMARTS) is 1. The third kappa shape index (κ3) is 2.83. The van der Waals surface area contributed by atoms with Crippen LogP contribution < -0.4 is 4.74 Å². The summed E-state index contributed by atoms with van der Waals surface area (Å²) in [6.07, 6.45) is 1.79. The molecule has 1 fully saturated rings. The van der Waals surface area contributed by atoms with Crippen molar-refractivity contribution in [3.63, 3.8) is 0 Å². The van der Waals surface area contributed by atoms with Gasteiger partial charge in [0.25, 0.3) is 0 Å². The molecule has 4 nitrogen and oxygen atoms in total. The summed E-state index contributed by atoms with van der Waals surface area (Å²) in [6, 6.07) is 1.54. The molecule has 0 spiro atoms. The third-order valence-corrected chi connectivity index (χ3v) is 3.97. The van der Waals surface area contributed by atoms with Crippen molar-refractivity contribution in [3.8, 4) is 11.5 Å². The number of halogens is 2. The summed E-state index contributed by atoms with van der Waals surface area (Å²) in [5, 5.41) is 18.5. The van der Waals surface area contributed by atoms with Crippen molar-refractivity contribution in [2.75, 3.05) is 7.11 Å². The number of phenols is 1. The molecule has 0 saturated heterocycles. The molecule has 0 bridgehead atoms. The Bertz CT molecular complexity index is 514. The van der Waals surface area contributed by atoms with Gasteiger partial charge in [-0.25, -0.2) is 0 Å². The number of rotatable bonds is 5. The highest BCUT2D eigenvalue weighted by atomic mass is 79.9. The highest BCUT2D eigenvalue weighted by molar-refractivity contribution is 9.10. The van der Waals surface area contributed by atoms with Gasteiger partial charge in [-0.05, 0) is 40.8 Å². The first-order valence-corrected chi connectivity index (χ1v) is 6.71. The van der Waals surface area contributed by atoms with Gasteiger partial charge in [-0.2, -0.15) is 4.39 Å². The Morgan fingerprint density at radius 2 is 2.26 bits per heavy atom. The van der Waals surface area contributed by atoms with Gasteiger partial charge >= 0.3 is 5.97 Å². The number of benzene rings is 1. The van der Waals surface area contributed by atoms with Gasteiger partial charge in [0.1, 0.15) is 0 Å². The van der Waals surface area contributed by atoms with Crippen LogP contribution in [0.3, 0.4) is 0 Å². The number of carbonyl (C=O) groups is 1. The number of methoxy groups -OCH3 is 1. The van der Waals surface area contributed by atoms with E-state index >= 15 is 0 Å². The minimum atomic E-state index is -0.927. The molecule has 1 aliphatic rings. The second kappa shape index (κ2) is 5.36. The Kier molecular flexibility index (Phi) is 3.99. The fourth-order valence-electron chi connectivity index (χ4n) is 2.31. The minimum Gasteiger partial charge on any atom is -0.504 e. The Labute approximate surface area is 118 Å². The number of hydrogen-bond donors (Lipinski definition) is 2. The predicted molar refractivity (Wildman–Crippen MR) is 70.0 cm³/mol. The molecule has 104 valence electrons. The van der Waals surface area contributed by atoms with Crippen LogP contribution in [-0.4, -0.2) is 23.3 Å². The molecule has 1 aromatic carbocycles. The average Bonchev–Trinajstić information content (AvgIpc) is 3.17. The van der Waals surface area contributed by atoms with Gasteiger partial charge in [-0.1, -0.05) is 0 Å². The van der Waals surface area contributed by atoms with Gasteiger partial charge in [0.15, 0.2) is 11.5 Å². The first kappa shape index (κ1) is 14.1. The highest BCUT2D eigenvalue weighted by Crippen LogP contribution is 2.49. The molecule has 0 radical (unpaired) electrons. The molecule has 0 aromatic heterocycles. The maximum Gasteiger partial charge on any atom is 0.303 e. The minimum absolute atomic E-state index is 0.0705. The lowest BCUT2D eigenvalue weighted by Gasteiger charge is -2.19. The van der Waals surface area contributed by atoms with Crippen molar-refractivity contribution in [1.29, 1.82) is 0 Å². The lowest BCUT2D eigenvalue weighted by Crippen LogP contribution is -2.10. The number of phenolic OH excluding ortho intramolecular Hbond substituents is 1. The van der Waals surface area contributed by atoms with Crippen LogP contribution in [0.2, 0.25) is 0 Å². The van der Waals surface area contributed by atoms with Crippen molar-refractivity contribution < 1.29 is 24.1 Å². The van der Waals surface area contributed by atoms with Gasteiger partial charge < -0.3 is 14.9 Å². The molecule has 2 rings (SSSR count). The second-order valence-corrected chi connectivity index (χ2v) is 5.54. The maximum absolute atomic E-state index is 14.0. The zero-order chi connectivity index (χ0) is 14.2. The zero-order valence-electron chi connectivity index (χ0n) is 10.3. The van der Waals surface area contributed by atoms with Crippen LogP contribution in [0.15, 0.2) is 10.5 Å². The smallest absolute Gasteiger partial charge is 0.303 e. The molecule has 0 amide bonds. The Balaban J connectivity index is 2.49. The summed E-state index contributed by atoms with van der Waals surface area (Å²) >= 11 is 3.07. The topological polar surface area (TPSA) is 66.8 Å². The van der Waals surface area contributed by atoms with E-state index in [9.17, 15) is 14.3 Å². The first-order chi connectivity index (χ1) is 8.95. The molecular formula is C13H14BrFO4. The van der Waals surface area contributed by atoms with Crippen molar-refractivity contribution in [2.24, 2.45) is 5.92 Å². The van der Waals surface area contributed by atoms with Crippen molar-refractivity contribution in [1.82, 2.24) is 0 Å². The van der Waals surface area contributed by atoms with Crippen LogP contribution in [0.25, 0.3) is 0 Å². The van der Waals surface area contributed by atoms with E-state index in [1.54, 1.807) is 6.07 Å². The van der Waals surface area contributed by atoms with Crippen LogP contribution in [-0.2, 0) is 4.79 Å². The third-order valence-electron chi connectivity index (χ3n) is 3.37. The fraction of sp³-hybridized carbons (Fsp3) is 0.462. The number of aliphatic carboxylic acids is 1. The van der Waals surface area contributed by atoms with Crippen LogP contribution in [0.4, 0.5) is 4.39 Å². The van der Waals surface area contributed by atoms with E-state index in [1.807, 2.05) is 0 Å². The Morgan fingerprint density at radius 3 is 2.74 bits per heavy atom. The second-order valence-electron chi connectivity index (χ2n) is 4.69. The Hall–Kier alpha value is -1.30. The molecule has 1 aliphatic carbocycles. The average molecular weight is 333 g/mol. The molecule has 2 N–H and O–H groups in total. The quantitative estimate of drug-likeness (QED) is 0.868. The molecule has 0 aliphatic heterocycles. The summed E-state index contributed by atoms with van der Waals surface area (Å²) in [4.78, 5) is 11.0. The number of ether oxygens (including phenoxy) is 1. The first-order valence-electron chi connectivity index (χ1n) is 5.92. The predicted octanol–water partition coefficient (Wildman–Crippen LogP) is 3.27. The molecule has 1 atom stereocenters. The van der Waals surface area contributed by atoms with Gasteiger partial charge in [0.05, 0.1) is 18.0 Å². The molecule has 1 unspecified atom stereocenters. The van der Waals surface area contributed by atoms with E-state index in [1.165, 1.54) is 7.11 Å². The molecule has 1 saturated carbocycles. The maximum atomic E-state index is 14.0. The van der Waals surface area contributed by atoms with Crippen molar-refractivity contribution in [2.45, 2.75) is 25.2 Å². The molecular weight excluding hydrogens is 319 g/mol. The fourth-order valence-corrected chi connectivity index (χ4v) is 2.73. The normalized spacial score (nSPS) is 16.2. The van der Waals surface area contributed by atoms with Gasteiger partial charge in [0.2, 0.25) is 5.82 Å². The van der Waals surface area contributed by atoms with E-state index < -0.39 is 17.5 Å². The van der Waals surface area contributed by atoms with E-state index in [2.05, 4.69) is 15.9 Å². The highest BCUT2D eigenvalue weighted by Gasteiger charge is 2.36. The standard InChI is InChI=1S/C13H14BrFO4/c1-19-13-8(4-9(14)12(18)11(13)15)7(5-10(16)17)6-2-3-6/h4,6-7,18H,2-3,5H2,1H3,(H,16,17). The lowest BCUT2D eigenvalue weighted by atomic mass is 9.90.